The first-order chi connectivity index (χ1) is 8.45. The van der Waals surface area contributed by atoms with E-state index in [1.54, 1.807) is 32.3 Å². The van der Waals surface area contributed by atoms with E-state index in [1.807, 2.05) is 6.92 Å². The topological polar surface area (TPSA) is 59.5 Å². The third-order valence-corrected chi connectivity index (χ3v) is 2.64. The third kappa shape index (κ3) is 3.55. The van der Waals surface area contributed by atoms with Crippen LogP contribution in [0.1, 0.15) is 23.0 Å². The van der Waals surface area contributed by atoms with Crippen LogP contribution >= 0.6 is 0 Å². The fourth-order valence-corrected chi connectivity index (χ4v) is 1.67. The summed E-state index contributed by atoms with van der Waals surface area (Å²) in [6, 6.07) is 3.39. The molecule has 5 nitrogen and oxygen atoms in total. The Kier molecular flexibility index (Phi) is 4.83. The summed E-state index contributed by atoms with van der Waals surface area (Å²) in [5.74, 6) is -0.788. The molecule has 0 aromatic carbocycles. The van der Waals surface area contributed by atoms with E-state index in [2.05, 4.69) is 9.72 Å². The van der Waals surface area contributed by atoms with Gasteiger partial charge in [-0.25, -0.2) is 0 Å². The van der Waals surface area contributed by atoms with Gasteiger partial charge >= 0.3 is 5.97 Å². The summed E-state index contributed by atoms with van der Waals surface area (Å²) in [6.45, 7) is 3.88. The lowest BCUT2D eigenvalue weighted by atomic mass is 10.1. The average molecular weight is 250 g/mol. The first-order valence-corrected chi connectivity index (χ1v) is 5.71. The van der Waals surface area contributed by atoms with E-state index in [1.165, 1.54) is 12.0 Å². The van der Waals surface area contributed by atoms with Gasteiger partial charge in [-0.15, -0.1) is 0 Å². The quantitative estimate of drug-likeness (QED) is 0.755. The lowest BCUT2D eigenvalue weighted by molar-refractivity contribution is -0.145. The van der Waals surface area contributed by atoms with Crippen LogP contribution in [0.2, 0.25) is 0 Å². The number of nitrogens with zero attached hydrogens (tertiary/aromatic N) is 2. The summed E-state index contributed by atoms with van der Waals surface area (Å²) in [6.07, 6.45) is 1.60. The second-order valence-electron chi connectivity index (χ2n) is 4.30. The summed E-state index contributed by atoms with van der Waals surface area (Å²) in [7, 11) is 3.00. The van der Waals surface area contributed by atoms with Crippen LogP contribution in [0.15, 0.2) is 18.3 Å². The number of ether oxygens (including phenoxy) is 1. The molecule has 1 aromatic heterocycles. The van der Waals surface area contributed by atoms with Crippen molar-refractivity contribution >= 4 is 11.9 Å². The minimum atomic E-state index is -0.341. The van der Waals surface area contributed by atoms with Crippen molar-refractivity contribution in [3.63, 3.8) is 0 Å². The van der Waals surface area contributed by atoms with Crippen LogP contribution in [0.4, 0.5) is 0 Å². The highest BCUT2D eigenvalue weighted by atomic mass is 16.5. The molecule has 0 radical (unpaired) electrons. The van der Waals surface area contributed by atoms with Gasteiger partial charge in [0, 0.05) is 31.0 Å². The van der Waals surface area contributed by atoms with Crippen LogP contribution < -0.4 is 0 Å². The lowest BCUT2D eigenvalue weighted by Crippen LogP contribution is -2.34. The summed E-state index contributed by atoms with van der Waals surface area (Å²) in [4.78, 5) is 28.9. The van der Waals surface area contributed by atoms with Gasteiger partial charge in [0.2, 0.25) is 0 Å². The van der Waals surface area contributed by atoms with E-state index in [0.717, 1.165) is 5.69 Å². The number of pyridine rings is 1. The molecule has 0 N–H and O–H groups in total. The molecule has 98 valence electrons. The maximum absolute atomic E-state index is 12.1. The molecule has 0 saturated heterocycles. The van der Waals surface area contributed by atoms with Crippen molar-refractivity contribution in [1.29, 1.82) is 0 Å². The number of carbonyl (C=O) groups is 2. The molecule has 5 heteroatoms. The van der Waals surface area contributed by atoms with E-state index >= 15 is 0 Å². The Morgan fingerprint density at radius 3 is 2.72 bits per heavy atom. The Labute approximate surface area is 107 Å². The molecule has 0 aliphatic heterocycles. The number of aryl methyl sites for hydroxylation is 1. The first kappa shape index (κ1) is 14.2. The molecule has 0 aliphatic rings. The molecule has 1 aromatic rings. The predicted molar refractivity (Wildman–Crippen MR) is 67.1 cm³/mol. The maximum atomic E-state index is 12.1. The van der Waals surface area contributed by atoms with Crippen molar-refractivity contribution in [3.05, 3.63) is 29.6 Å². The van der Waals surface area contributed by atoms with Gasteiger partial charge in [0.1, 0.15) is 0 Å². The van der Waals surface area contributed by atoms with E-state index in [4.69, 9.17) is 0 Å². The highest BCUT2D eigenvalue weighted by molar-refractivity contribution is 5.94. The number of hydrogen-bond donors (Lipinski definition) is 0. The summed E-state index contributed by atoms with van der Waals surface area (Å²) < 4.78 is 4.63. The lowest BCUT2D eigenvalue weighted by Gasteiger charge is -2.20. The smallest absolute Gasteiger partial charge is 0.310 e. The number of rotatable bonds is 4. The van der Waals surface area contributed by atoms with E-state index in [0.29, 0.717) is 12.1 Å². The molecule has 0 saturated carbocycles. The van der Waals surface area contributed by atoms with Crippen molar-refractivity contribution in [3.8, 4) is 0 Å². The van der Waals surface area contributed by atoms with Crippen molar-refractivity contribution in [2.75, 3.05) is 20.7 Å². The highest BCUT2D eigenvalue weighted by Crippen LogP contribution is 2.07. The highest BCUT2D eigenvalue weighted by Gasteiger charge is 2.19. The normalized spacial score (nSPS) is 11.8. The largest absolute Gasteiger partial charge is 0.469 e. The monoisotopic (exact) mass is 250 g/mol. The Balaban J connectivity index is 2.70. The molecule has 0 spiro atoms. The molecule has 1 rings (SSSR count). The first-order valence-electron chi connectivity index (χ1n) is 5.71. The van der Waals surface area contributed by atoms with Crippen LogP contribution in [0.25, 0.3) is 0 Å². The van der Waals surface area contributed by atoms with Crippen LogP contribution in [0, 0.1) is 12.8 Å². The van der Waals surface area contributed by atoms with Crippen LogP contribution in [-0.4, -0.2) is 42.5 Å². The van der Waals surface area contributed by atoms with Crippen LogP contribution in [-0.2, 0) is 9.53 Å². The molecule has 1 atom stereocenters. The second-order valence-corrected chi connectivity index (χ2v) is 4.30. The van der Waals surface area contributed by atoms with Gasteiger partial charge in [-0.2, -0.15) is 0 Å². The Morgan fingerprint density at radius 1 is 1.50 bits per heavy atom. The fourth-order valence-electron chi connectivity index (χ4n) is 1.67. The van der Waals surface area contributed by atoms with E-state index in [9.17, 15) is 9.59 Å². The Hall–Kier alpha value is -1.91. The number of amides is 1. The zero-order chi connectivity index (χ0) is 13.7. The van der Waals surface area contributed by atoms with Crippen molar-refractivity contribution in [2.24, 2.45) is 5.92 Å². The predicted octanol–water partition coefficient (Wildman–Crippen LogP) is 1.27. The minimum absolute atomic E-state index is 0.128. The molecular weight excluding hydrogens is 232 g/mol. The SMILES string of the molecule is COC(=O)C(C)CN(C)C(=O)c1ccnc(C)c1. The maximum Gasteiger partial charge on any atom is 0.310 e. The second kappa shape index (κ2) is 6.14. The van der Waals surface area contributed by atoms with Gasteiger partial charge in [-0.1, -0.05) is 6.92 Å². The van der Waals surface area contributed by atoms with Crippen molar-refractivity contribution < 1.29 is 14.3 Å². The average Bonchev–Trinajstić information content (AvgIpc) is 2.36. The van der Waals surface area contributed by atoms with Gasteiger partial charge in [0.25, 0.3) is 5.91 Å². The van der Waals surface area contributed by atoms with Crippen molar-refractivity contribution in [1.82, 2.24) is 9.88 Å². The van der Waals surface area contributed by atoms with Crippen LogP contribution in [0.5, 0.6) is 0 Å². The number of hydrogen-bond acceptors (Lipinski definition) is 4. The number of esters is 1. The molecule has 1 unspecified atom stereocenters. The number of carbonyl (C=O) groups excluding carboxylic acids is 2. The third-order valence-electron chi connectivity index (χ3n) is 2.64. The molecule has 0 bridgehead atoms. The van der Waals surface area contributed by atoms with E-state index < -0.39 is 0 Å². The van der Waals surface area contributed by atoms with Crippen molar-refractivity contribution in [2.45, 2.75) is 13.8 Å². The van der Waals surface area contributed by atoms with Gasteiger partial charge in [0.05, 0.1) is 13.0 Å². The minimum Gasteiger partial charge on any atom is -0.469 e. The zero-order valence-electron chi connectivity index (χ0n) is 11.1. The summed E-state index contributed by atoms with van der Waals surface area (Å²) in [5.41, 5.74) is 1.36. The Morgan fingerprint density at radius 2 is 2.17 bits per heavy atom. The molecule has 18 heavy (non-hydrogen) atoms. The van der Waals surface area contributed by atoms with Gasteiger partial charge in [0.15, 0.2) is 0 Å². The zero-order valence-corrected chi connectivity index (χ0v) is 11.1. The van der Waals surface area contributed by atoms with E-state index in [-0.39, 0.29) is 17.8 Å². The molecule has 1 heterocycles. The summed E-state index contributed by atoms with van der Waals surface area (Å²) >= 11 is 0. The van der Waals surface area contributed by atoms with Gasteiger partial charge in [-0.05, 0) is 19.1 Å². The molecule has 1 amide bonds. The number of methoxy groups -OCH3 is 1. The van der Waals surface area contributed by atoms with Crippen LogP contribution in [0.3, 0.4) is 0 Å². The Bertz CT molecular complexity index is 446. The van der Waals surface area contributed by atoms with Gasteiger partial charge in [-0.3, -0.25) is 14.6 Å². The molecule has 0 fully saturated rings. The fraction of sp³-hybridized carbons (Fsp3) is 0.462. The number of aromatic nitrogens is 1. The standard InChI is InChI=1S/C13H18N2O3/c1-9(13(17)18-4)8-15(3)12(16)11-5-6-14-10(2)7-11/h5-7,9H,8H2,1-4H3. The molecular formula is C13H18N2O3. The van der Waals surface area contributed by atoms with Gasteiger partial charge < -0.3 is 9.64 Å². The summed E-state index contributed by atoms with van der Waals surface area (Å²) in [5, 5.41) is 0. The molecule has 0 aliphatic carbocycles.